The molecule has 0 unspecified atom stereocenters. The fraction of sp³-hybridized carbons (Fsp3) is 0.0476. The monoisotopic (exact) mass is 399 g/mol. The van der Waals surface area contributed by atoms with Gasteiger partial charge in [-0.05, 0) is 41.5 Å². The highest BCUT2D eigenvalue weighted by molar-refractivity contribution is 6.42. The Kier molecular flexibility index (Phi) is 6.12. The number of esters is 1. The minimum absolute atomic E-state index is 0.324. The maximum absolute atomic E-state index is 12.1. The molecule has 3 rings (SSSR count). The van der Waals surface area contributed by atoms with Crippen LogP contribution >= 0.6 is 23.2 Å². The highest BCUT2D eigenvalue weighted by Crippen LogP contribution is 2.25. The predicted octanol–water partition coefficient (Wildman–Crippen LogP) is 5.46. The maximum atomic E-state index is 12.1. The molecule has 1 amide bonds. The van der Waals surface area contributed by atoms with Crippen molar-refractivity contribution in [1.29, 1.82) is 0 Å². The molecule has 27 heavy (non-hydrogen) atoms. The minimum atomic E-state index is -0.570. The van der Waals surface area contributed by atoms with Gasteiger partial charge >= 0.3 is 5.97 Å². The minimum Gasteiger partial charge on any atom is -0.452 e. The number of rotatable bonds is 5. The number of anilines is 1. The lowest BCUT2D eigenvalue weighted by Crippen LogP contribution is -2.20. The first-order valence-corrected chi connectivity index (χ1v) is 8.86. The molecule has 0 atom stereocenters. The van der Waals surface area contributed by atoms with E-state index in [1.807, 2.05) is 42.5 Å². The summed E-state index contributed by atoms with van der Waals surface area (Å²) in [6.45, 7) is -0.403. The number of ether oxygens (including phenoxy) is 1. The van der Waals surface area contributed by atoms with Crippen molar-refractivity contribution in [2.45, 2.75) is 0 Å². The third-order valence-corrected chi connectivity index (χ3v) is 4.50. The van der Waals surface area contributed by atoms with E-state index in [2.05, 4.69) is 5.32 Å². The van der Waals surface area contributed by atoms with Gasteiger partial charge in [-0.2, -0.15) is 0 Å². The van der Waals surface area contributed by atoms with Crippen molar-refractivity contribution in [3.63, 3.8) is 0 Å². The molecule has 0 aliphatic heterocycles. The van der Waals surface area contributed by atoms with Gasteiger partial charge in [0.15, 0.2) is 6.61 Å². The number of amides is 1. The van der Waals surface area contributed by atoms with Gasteiger partial charge in [0.1, 0.15) is 0 Å². The van der Waals surface area contributed by atoms with E-state index in [1.54, 1.807) is 24.3 Å². The number of carbonyl (C=O) groups excluding carboxylic acids is 2. The van der Waals surface area contributed by atoms with Crippen molar-refractivity contribution >= 4 is 40.8 Å². The summed E-state index contributed by atoms with van der Waals surface area (Å²) >= 11 is 11.7. The second-order valence-electron chi connectivity index (χ2n) is 5.70. The van der Waals surface area contributed by atoms with Gasteiger partial charge in [0.25, 0.3) is 5.91 Å². The molecule has 0 aromatic heterocycles. The zero-order valence-corrected chi connectivity index (χ0v) is 15.6. The molecular weight excluding hydrogens is 385 g/mol. The smallest absolute Gasteiger partial charge is 0.338 e. The molecule has 0 spiro atoms. The summed E-state index contributed by atoms with van der Waals surface area (Å²) in [5.74, 6) is -1.04. The highest BCUT2D eigenvalue weighted by Gasteiger charge is 2.11. The third-order valence-electron chi connectivity index (χ3n) is 3.77. The van der Waals surface area contributed by atoms with E-state index in [1.165, 1.54) is 6.07 Å². The average Bonchev–Trinajstić information content (AvgIpc) is 2.70. The number of carbonyl (C=O) groups is 2. The van der Waals surface area contributed by atoms with E-state index in [4.69, 9.17) is 27.9 Å². The summed E-state index contributed by atoms with van der Waals surface area (Å²) in [4.78, 5) is 24.0. The molecule has 6 heteroatoms. The molecule has 1 N–H and O–H groups in total. The average molecular weight is 400 g/mol. The summed E-state index contributed by atoms with van der Waals surface area (Å²) in [6, 6.07) is 21.5. The molecule has 3 aromatic rings. The Bertz CT molecular complexity index is 957. The SMILES string of the molecule is O=C(COC(=O)c1ccc(-c2ccccc2)cc1)Nc1ccc(Cl)c(Cl)c1. The van der Waals surface area contributed by atoms with Gasteiger partial charge in [-0.3, -0.25) is 4.79 Å². The fourth-order valence-corrected chi connectivity index (χ4v) is 2.71. The van der Waals surface area contributed by atoms with Gasteiger partial charge < -0.3 is 10.1 Å². The zero-order chi connectivity index (χ0) is 19.2. The van der Waals surface area contributed by atoms with Crippen LogP contribution < -0.4 is 5.32 Å². The molecule has 3 aromatic carbocycles. The molecule has 0 radical (unpaired) electrons. The molecule has 0 saturated carbocycles. The first-order valence-electron chi connectivity index (χ1n) is 8.10. The molecule has 0 fully saturated rings. The van der Waals surface area contributed by atoms with Crippen LogP contribution in [0.25, 0.3) is 11.1 Å². The van der Waals surface area contributed by atoms with Crippen molar-refractivity contribution in [3.05, 3.63) is 88.4 Å². The van der Waals surface area contributed by atoms with Crippen LogP contribution in [0.5, 0.6) is 0 Å². The molecule has 0 aliphatic rings. The lowest BCUT2D eigenvalue weighted by atomic mass is 10.0. The number of hydrogen-bond acceptors (Lipinski definition) is 3. The number of hydrogen-bond donors (Lipinski definition) is 1. The van der Waals surface area contributed by atoms with Crippen LogP contribution in [0.3, 0.4) is 0 Å². The topological polar surface area (TPSA) is 55.4 Å². The normalized spacial score (nSPS) is 10.3. The Morgan fingerprint density at radius 3 is 2.15 bits per heavy atom. The standard InChI is InChI=1S/C21H15Cl2NO3/c22-18-11-10-17(12-19(18)23)24-20(25)13-27-21(26)16-8-6-15(7-9-16)14-4-2-1-3-5-14/h1-12H,13H2,(H,24,25). The van der Waals surface area contributed by atoms with Gasteiger partial charge in [0, 0.05) is 5.69 Å². The number of halogens is 2. The van der Waals surface area contributed by atoms with Gasteiger partial charge in [-0.25, -0.2) is 4.79 Å². The zero-order valence-electron chi connectivity index (χ0n) is 14.1. The van der Waals surface area contributed by atoms with Crippen LogP contribution in [0.2, 0.25) is 10.0 Å². The first kappa shape index (κ1) is 19.0. The second-order valence-corrected chi connectivity index (χ2v) is 6.51. The summed E-state index contributed by atoms with van der Waals surface area (Å²) in [7, 11) is 0. The van der Waals surface area contributed by atoms with Gasteiger partial charge in [0.05, 0.1) is 15.6 Å². The van der Waals surface area contributed by atoms with Crippen molar-refractivity contribution in [2.24, 2.45) is 0 Å². The van der Waals surface area contributed by atoms with E-state index in [9.17, 15) is 9.59 Å². The van der Waals surface area contributed by atoms with Crippen LogP contribution in [0, 0.1) is 0 Å². The fourth-order valence-electron chi connectivity index (χ4n) is 2.41. The van der Waals surface area contributed by atoms with Crippen molar-refractivity contribution in [2.75, 3.05) is 11.9 Å². The van der Waals surface area contributed by atoms with E-state index in [-0.39, 0.29) is 0 Å². The van der Waals surface area contributed by atoms with E-state index in [0.717, 1.165) is 11.1 Å². The summed E-state index contributed by atoms with van der Waals surface area (Å²) in [5.41, 5.74) is 2.89. The summed E-state index contributed by atoms with van der Waals surface area (Å²) < 4.78 is 5.05. The molecule has 0 aliphatic carbocycles. The molecule has 0 bridgehead atoms. The Morgan fingerprint density at radius 2 is 1.48 bits per heavy atom. The number of nitrogens with one attached hydrogen (secondary N) is 1. The lowest BCUT2D eigenvalue weighted by molar-refractivity contribution is -0.119. The van der Waals surface area contributed by atoms with Crippen LogP contribution in [0.1, 0.15) is 10.4 Å². The number of benzene rings is 3. The van der Waals surface area contributed by atoms with E-state index in [0.29, 0.717) is 21.3 Å². The molecule has 4 nitrogen and oxygen atoms in total. The van der Waals surface area contributed by atoms with E-state index >= 15 is 0 Å². The molecular formula is C21H15Cl2NO3. The van der Waals surface area contributed by atoms with Crippen molar-refractivity contribution in [1.82, 2.24) is 0 Å². The van der Waals surface area contributed by atoms with Gasteiger partial charge in [-0.1, -0.05) is 65.7 Å². The summed E-state index contributed by atoms with van der Waals surface area (Å²) in [6.07, 6.45) is 0. The lowest BCUT2D eigenvalue weighted by Gasteiger charge is -2.08. The third kappa shape index (κ3) is 5.09. The Hall–Kier alpha value is -2.82. The molecule has 0 heterocycles. The largest absolute Gasteiger partial charge is 0.452 e. The Balaban J connectivity index is 1.55. The molecule has 0 saturated heterocycles. The Labute approximate surface area is 166 Å². The predicted molar refractivity (Wildman–Crippen MR) is 107 cm³/mol. The van der Waals surface area contributed by atoms with Gasteiger partial charge in [-0.15, -0.1) is 0 Å². The quantitative estimate of drug-likeness (QED) is 0.579. The van der Waals surface area contributed by atoms with Crippen LogP contribution in [0.15, 0.2) is 72.8 Å². The second kappa shape index (κ2) is 8.71. The van der Waals surface area contributed by atoms with Crippen molar-refractivity contribution in [3.8, 4) is 11.1 Å². The van der Waals surface area contributed by atoms with Gasteiger partial charge in [0.2, 0.25) is 0 Å². The summed E-state index contributed by atoms with van der Waals surface area (Å²) in [5, 5.41) is 3.30. The van der Waals surface area contributed by atoms with Crippen LogP contribution in [-0.4, -0.2) is 18.5 Å². The van der Waals surface area contributed by atoms with Crippen molar-refractivity contribution < 1.29 is 14.3 Å². The molecule has 136 valence electrons. The maximum Gasteiger partial charge on any atom is 0.338 e. The van der Waals surface area contributed by atoms with Crippen LogP contribution in [-0.2, 0) is 9.53 Å². The highest BCUT2D eigenvalue weighted by atomic mass is 35.5. The van der Waals surface area contributed by atoms with Crippen LogP contribution in [0.4, 0.5) is 5.69 Å². The first-order chi connectivity index (χ1) is 13.0. The Morgan fingerprint density at radius 1 is 0.815 bits per heavy atom. The van der Waals surface area contributed by atoms with E-state index < -0.39 is 18.5 Å².